The van der Waals surface area contributed by atoms with Gasteiger partial charge in [0.05, 0.1) is 10.6 Å². The number of nitrogens with two attached hydrogens (primary N) is 1. The number of sulfonamides is 1. The number of aromatic nitrogens is 1. The smallest absolute Gasteiger partial charge is 0.241 e. The van der Waals surface area contributed by atoms with Crippen molar-refractivity contribution in [3.8, 4) is 0 Å². The number of rotatable bonds is 4. The lowest BCUT2D eigenvalue weighted by atomic mass is 10.1. The average molecular weight is 309 g/mol. The van der Waals surface area contributed by atoms with Crippen molar-refractivity contribution < 1.29 is 12.8 Å². The van der Waals surface area contributed by atoms with Gasteiger partial charge in [-0.25, -0.2) is 17.5 Å². The van der Waals surface area contributed by atoms with E-state index in [4.69, 9.17) is 5.73 Å². The van der Waals surface area contributed by atoms with E-state index in [1.165, 1.54) is 13.0 Å². The summed E-state index contributed by atoms with van der Waals surface area (Å²) in [5.74, 6) is -0.601. The van der Waals surface area contributed by atoms with E-state index in [-0.39, 0.29) is 16.1 Å². The zero-order valence-corrected chi connectivity index (χ0v) is 12.5. The van der Waals surface area contributed by atoms with Crippen LogP contribution in [0, 0.1) is 12.7 Å². The first-order chi connectivity index (χ1) is 9.81. The standard InChI is InChI=1S/C14H16FN3O2S/c1-9-7-12(8-13(16)14(9)15)21(19,20)18-10(2)11-3-5-17-6-4-11/h3-8,10,18H,16H2,1-2H3. The van der Waals surface area contributed by atoms with E-state index in [1.807, 2.05) is 0 Å². The zero-order chi connectivity index (χ0) is 15.6. The van der Waals surface area contributed by atoms with Gasteiger partial charge >= 0.3 is 0 Å². The molecule has 5 nitrogen and oxygen atoms in total. The molecule has 7 heteroatoms. The van der Waals surface area contributed by atoms with Gasteiger partial charge in [0.2, 0.25) is 10.0 Å². The molecule has 0 aliphatic heterocycles. The van der Waals surface area contributed by atoms with E-state index in [2.05, 4.69) is 9.71 Å². The first-order valence-corrected chi connectivity index (χ1v) is 7.77. The van der Waals surface area contributed by atoms with E-state index in [0.717, 1.165) is 11.6 Å². The molecule has 1 aromatic carbocycles. The second kappa shape index (κ2) is 5.79. The highest BCUT2D eigenvalue weighted by Gasteiger charge is 2.20. The summed E-state index contributed by atoms with van der Waals surface area (Å²) in [5, 5.41) is 0. The Balaban J connectivity index is 2.31. The van der Waals surface area contributed by atoms with Gasteiger partial charge in [-0.2, -0.15) is 0 Å². The molecule has 0 aliphatic rings. The van der Waals surface area contributed by atoms with Crippen molar-refractivity contribution in [1.82, 2.24) is 9.71 Å². The fourth-order valence-electron chi connectivity index (χ4n) is 1.94. The molecule has 112 valence electrons. The molecule has 21 heavy (non-hydrogen) atoms. The van der Waals surface area contributed by atoms with Crippen LogP contribution in [0.2, 0.25) is 0 Å². The highest BCUT2D eigenvalue weighted by Crippen LogP contribution is 2.22. The fourth-order valence-corrected chi connectivity index (χ4v) is 3.29. The summed E-state index contributed by atoms with van der Waals surface area (Å²) in [4.78, 5) is 3.82. The minimum atomic E-state index is -3.79. The summed E-state index contributed by atoms with van der Waals surface area (Å²) >= 11 is 0. The van der Waals surface area contributed by atoms with Crippen LogP contribution in [0.1, 0.15) is 24.1 Å². The molecule has 1 aromatic heterocycles. The Morgan fingerprint density at radius 1 is 1.29 bits per heavy atom. The first-order valence-electron chi connectivity index (χ1n) is 6.29. The molecule has 0 spiro atoms. The highest BCUT2D eigenvalue weighted by atomic mass is 32.2. The van der Waals surface area contributed by atoms with Crippen molar-refractivity contribution in [2.45, 2.75) is 24.8 Å². The van der Waals surface area contributed by atoms with Gasteiger partial charge in [-0.15, -0.1) is 0 Å². The van der Waals surface area contributed by atoms with E-state index in [9.17, 15) is 12.8 Å². The number of nitrogens with one attached hydrogen (secondary N) is 1. The lowest BCUT2D eigenvalue weighted by Crippen LogP contribution is -2.27. The van der Waals surface area contributed by atoms with Gasteiger partial charge in [0.15, 0.2) is 0 Å². The summed E-state index contributed by atoms with van der Waals surface area (Å²) in [5.41, 5.74) is 6.26. The van der Waals surface area contributed by atoms with E-state index < -0.39 is 21.9 Å². The maximum Gasteiger partial charge on any atom is 0.241 e. The van der Waals surface area contributed by atoms with Crippen LogP contribution in [0.15, 0.2) is 41.6 Å². The first kappa shape index (κ1) is 15.4. The fraction of sp³-hybridized carbons (Fsp3) is 0.214. The Hall–Kier alpha value is -1.99. The van der Waals surface area contributed by atoms with Gasteiger partial charge in [0, 0.05) is 18.4 Å². The summed E-state index contributed by atoms with van der Waals surface area (Å²) in [6.45, 7) is 3.18. The number of benzene rings is 1. The number of pyridine rings is 1. The van der Waals surface area contributed by atoms with Gasteiger partial charge < -0.3 is 5.73 Å². The SMILES string of the molecule is Cc1cc(S(=O)(=O)NC(C)c2ccncc2)cc(N)c1F. The summed E-state index contributed by atoms with van der Waals surface area (Å²) in [7, 11) is -3.79. The minimum absolute atomic E-state index is 0.0557. The van der Waals surface area contributed by atoms with Gasteiger partial charge in [-0.05, 0) is 49.2 Å². The number of nitrogen functional groups attached to an aromatic ring is 1. The molecule has 1 atom stereocenters. The van der Waals surface area contributed by atoms with Crippen molar-refractivity contribution in [2.24, 2.45) is 0 Å². The van der Waals surface area contributed by atoms with E-state index in [0.29, 0.717) is 0 Å². The predicted molar refractivity (Wildman–Crippen MR) is 78.5 cm³/mol. The van der Waals surface area contributed by atoms with Gasteiger partial charge in [0.25, 0.3) is 0 Å². The molecule has 0 saturated heterocycles. The summed E-state index contributed by atoms with van der Waals surface area (Å²) in [6.07, 6.45) is 3.17. The third kappa shape index (κ3) is 3.37. The van der Waals surface area contributed by atoms with Crippen LogP contribution >= 0.6 is 0 Å². The topological polar surface area (TPSA) is 85.1 Å². The molecule has 2 aromatic rings. The second-order valence-corrected chi connectivity index (χ2v) is 6.48. The molecular weight excluding hydrogens is 293 g/mol. The largest absolute Gasteiger partial charge is 0.396 e. The lowest BCUT2D eigenvalue weighted by Gasteiger charge is -2.15. The maximum absolute atomic E-state index is 13.5. The van der Waals surface area contributed by atoms with Crippen molar-refractivity contribution in [2.75, 3.05) is 5.73 Å². The Labute approximate surface area is 123 Å². The molecule has 0 fully saturated rings. The third-order valence-electron chi connectivity index (χ3n) is 3.10. The van der Waals surface area contributed by atoms with Crippen molar-refractivity contribution in [1.29, 1.82) is 0 Å². The minimum Gasteiger partial charge on any atom is -0.396 e. The highest BCUT2D eigenvalue weighted by molar-refractivity contribution is 7.89. The Morgan fingerprint density at radius 3 is 2.48 bits per heavy atom. The summed E-state index contributed by atoms with van der Waals surface area (Å²) < 4.78 is 40.7. The zero-order valence-electron chi connectivity index (χ0n) is 11.7. The Bertz CT molecular complexity index is 725. The van der Waals surface area contributed by atoms with Crippen LogP contribution in [0.4, 0.5) is 10.1 Å². The molecule has 1 unspecified atom stereocenters. The van der Waals surface area contributed by atoms with Crippen molar-refractivity contribution in [3.05, 3.63) is 53.6 Å². The van der Waals surface area contributed by atoms with Crippen molar-refractivity contribution >= 4 is 15.7 Å². The average Bonchev–Trinajstić information content (AvgIpc) is 2.44. The number of hydrogen-bond donors (Lipinski definition) is 2. The van der Waals surface area contributed by atoms with E-state index >= 15 is 0 Å². The molecule has 0 bridgehead atoms. The van der Waals surface area contributed by atoms with Gasteiger partial charge in [-0.1, -0.05) is 0 Å². The van der Waals surface area contributed by atoms with Crippen molar-refractivity contribution in [3.63, 3.8) is 0 Å². The quantitative estimate of drug-likeness (QED) is 0.847. The molecule has 0 aliphatic carbocycles. The van der Waals surface area contributed by atoms with Crippen LogP contribution in [0.3, 0.4) is 0 Å². The van der Waals surface area contributed by atoms with Crippen LogP contribution in [-0.2, 0) is 10.0 Å². The van der Waals surface area contributed by atoms with Crippen LogP contribution in [-0.4, -0.2) is 13.4 Å². The predicted octanol–water partition coefficient (Wildman–Crippen LogP) is 2.15. The van der Waals surface area contributed by atoms with Crippen LogP contribution < -0.4 is 10.5 Å². The Kier molecular flexibility index (Phi) is 4.24. The molecule has 1 heterocycles. The second-order valence-electron chi connectivity index (χ2n) is 4.77. The number of nitrogens with zero attached hydrogens (tertiary/aromatic N) is 1. The molecule has 3 N–H and O–H groups in total. The van der Waals surface area contributed by atoms with Gasteiger partial charge in [0.1, 0.15) is 5.82 Å². The number of aryl methyl sites for hydroxylation is 1. The normalized spacial score (nSPS) is 13.1. The molecule has 0 saturated carbocycles. The van der Waals surface area contributed by atoms with E-state index in [1.54, 1.807) is 31.5 Å². The van der Waals surface area contributed by atoms with Crippen LogP contribution in [0.5, 0.6) is 0 Å². The van der Waals surface area contributed by atoms with Crippen LogP contribution in [0.25, 0.3) is 0 Å². The Morgan fingerprint density at radius 2 is 1.90 bits per heavy atom. The van der Waals surface area contributed by atoms with Gasteiger partial charge in [-0.3, -0.25) is 4.98 Å². The molecule has 0 amide bonds. The monoisotopic (exact) mass is 309 g/mol. The number of halogens is 1. The number of anilines is 1. The lowest BCUT2D eigenvalue weighted by molar-refractivity contribution is 0.566. The summed E-state index contributed by atoms with van der Waals surface area (Å²) in [6, 6.07) is 5.37. The number of hydrogen-bond acceptors (Lipinski definition) is 4. The molecule has 2 rings (SSSR count). The molecular formula is C14H16FN3O2S. The molecule has 0 radical (unpaired) electrons. The maximum atomic E-state index is 13.5. The third-order valence-corrected chi connectivity index (χ3v) is 4.62.